The highest BCUT2D eigenvalue weighted by Crippen LogP contribution is 2.04. The number of piperazine rings is 1. The summed E-state index contributed by atoms with van der Waals surface area (Å²) >= 11 is 0. The first-order valence-electron chi connectivity index (χ1n) is 3.93. The second-order valence-corrected chi connectivity index (χ2v) is 2.74. The van der Waals surface area contributed by atoms with Gasteiger partial charge in [0.2, 0.25) is 5.91 Å². The van der Waals surface area contributed by atoms with Gasteiger partial charge in [0, 0.05) is 20.2 Å². The molecule has 1 heterocycles. The van der Waals surface area contributed by atoms with Gasteiger partial charge in [-0.05, 0) is 0 Å². The second-order valence-electron chi connectivity index (χ2n) is 2.74. The van der Waals surface area contributed by atoms with Crippen LogP contribution in [0.15, 0.2) is 0 Å². The molecule has 6 heteroatoms. The van der Waals surface area contributed by atoms with Crippen LogP contribution >= 0.6 is 0 Å². The zero-order valence-corrected chi connectivity index (χ0v) is 7.32. The van der Waals surface area contributed by atoms with E-state index in [4.69, 9.17) is 9.84 Å². The highest BCUT2D eigenvalue weighted by molar-refractivity contribution is 5.86. The lowest BCUT2D eigenvalue weighted by molar-refractivity contribution is -0.130. The normalized spacial score (nSPS) is 22.7. The van der Waals surface area contributed by atoms with Crippen molar-refractivity contribution in [2.24, 2.45) is 0 Å². The Morgan fingerprint density at radius 3 is 3.08 bits per heavy atom. The van der Waals surface area contributed by atoms with Crippen molar-refractivity contribution in [1.29, 1.82) is 0 Å². The van der Waals surface area contributed by atoms with E-state index in [1.165, 1.54) is 7.11 Å². The number of amides is 2. The van der Waals surface area contributed by atoms with Gasteiger partial charge in [-0.3, -0.25) is 9.69 Å². The fourth-order valence-corrected chi connectivity index (χ4v) is 1.27. The van der Waals surface area contributed by atoms with Crippen molar-refractivity contribution in [3.8, 4) is 0 Å². The van der Waals surface area contributed by atoms with Gasteiger partial charge < -0.3 is 15.2 Å². The number of carboxylic acid groups (broad SMARTS) is 1. The van der Waals surface area contributed by atoms with Crippen LogP contribution in [0.4, 0.5) is 4.79 Å². The molecule has 1 saturated heterocycles. The van der Waals surface area contributed by atoms with E-state index >= 15 is 0 Å². The monoisotopic (exact) mass is 188 g/mol. The molecule has 1 aliphatic heterocycles. The fraction of sp³-hybridized carbons (Fsp3) is 0.714. The van der Waals surface area contributed by atoms with Crippen molar-refractivity contribution < 1.29 is 19.4 Å². The van der Waals surface area contributed by atoms with Crippen molar-refractivity contribution in [2.45, 2.75) is 6.04 Å². The second kappa shape index (κ2) is 4.08. The number of nitrogens with one attached hydrogen (secondary N) is 1. The van der Waals surface area contributed by atoms with E-state index in [1.807, 2.05) is 0 Å². The Morgan fingerprint density at radius 2 is 2.54 bits per heavy atom. The molecule has 0 aromatic heterocycles. The van der Waals surface area contributed by atoms with E-state index in [0.717, 1.165) is 4.90 Å². The molecule has 1 fully saturated rings. The lowest BCUT2D eigenvalue weighted by Gasteiger charge is -2.32. The molecular formula is C7H12N2O4. The number of carbonyl (C=O) groups is 2. The predicted molar refractivity (Wildman–Crippen MR) is 43.4 cm³/mol. The molecule has 0 saturated carbocycles. The summed E-state index contributed by atoms with van der Waals surface area (Å²) in [6.45, 7) is 0.776. The van der Waals surface area contributed by atoms with Crippen molar-refractivity contribution in [2.75, 3.05) is 26.8 Å². The lowest BCUT2D eigenvalue weighted by Crippen LogP contribution is -2.58. The van der Waals surface area contributed by atoms with Gasteiger partial charge in [-0.2, -0.15) is 0 Å². The summed E-state index contributed by atoms with van der Waals surface area (Å²) in [7, 11) is 1.43. The number of methoxy groups -OCH3 is 1. The molecule has 2 N–H and O–H groups in total. The SMILES string of the molecule is COC[C@H]1C(=O)NCCN1C(=O)O. The largest absolute Gasteiger partial charge is 0.465 e. The summed E-state index contributed by atoms with van der Waals surface area (Å²) < 4.78 is 4.77. The van der Waals surface area contributed by atoms with Crippen molar-refractivity contribution in [3.05, 3.63) is 0 Å². The van der Waals surface area contributed by atoms with E-state index in [1.54, 1.807) is 0 Å². The molecule has 0 radical (unpaired) electrons. The molecule has 74 valence electrons. The smallest absolute Gasteiger partial charge is 0.408 e. The Balaban J connectivity index is 2.67. The number of nitrogens with zero attached hydrogens (tertiary/aromatic N) is 1. The first-order valence-corrected chi connectivity index (χ1v) is 3.93. The fourth-order valence-electron chi connectivity index (χ4n) is 1.27. The van der Waals surface area contributed by atoms with Crippen LogP contribution in [0.25, 0.3) is 0 Å². The summed E-state index contributed by atoms with van der Waals surface area (Å²) in [5.41, 5.74) is 0. The van der Waals surface area contributed by atoms with Crippen LogP contribution in [0, 0.1) is 0 Å². The van der Waals surface area contributed by atoms with Gasteiger partial charge in [0.15, 0.2) is 0 Å². The van der Waals surface area contributed by atoms with Gasteiger partial charge >= 0.3 is 6.09 Å². The third kappa shape index (κ3) is 2.09. The lowest BCUT2D eigenvalue weighted by atomic mass is 10.2. The first kappa shape index (κ1) is 9.79. The standard InChI is InChI=1S/C7H12N2O4/c1-13-4-5-6(10)8-2-3-9(5)7(11)12/h5H,2-4H2,1H3,(H,8,10)(H,11,12)/t5-/m0/s1. The van der Waals surface area contributed by atoms with Gasteiger partial charge in [0.25, 0.3) is 0 Å². The molecule has 0 spiro atoms. The van der Waals surface area contributed by atoms with Crippen molar-refractivity contribution in [3.63, 3.8) is 0 Å². The highest BCUT2D eigenvalue weighted by atomic mass is 16.5. The van der Waals surface area contributed by atoms with Gasteiger partial charge in [0.1, 0.15) is 6.04 Å². The van der Waals surface area contributed by atoms with E-state index in [9.17, 15) is 9.59 Å². The maximum absolute atomic E-state index is 11.2. The minimum absolute atomic E-state index is 0.0954. The van der Waals surface area contributed by atoms with Crippen LogP contribution in [0.5, 0.6) is 0 Å². The van der Waals surface area contributed by atoms with Gasteiger partial charge in [-0.1, -0.05) is 0 Å². The van der Waals surface area contributed by atoms with E-state index in [-0.39, 0.29) is 12.5 Å². The Labute approximate surface area is 75.5 Å². The summed E-state index contributed by atoms with van der Waals surface area (Å²) in [6.07, 6.45) is -1.09. The molecule has 0 bridgehead atoms. The summed E-state index contributed by atoms with van der Waals surface area (Å²) in [5.74, 6) is -0.296. The van der Waals surface area contributed by atoms with Crippen LogP contribution in [0.2, 0.25) is 0 Å². The summed E-state index contributed by atoms with van der Waals surface area (Å²) in [6, 6.07) is -0.712. The number of hydrogen-bond donors (Lipinski definition) is 2. The minimum Gasteiger partial charge on any atom is -0.465 e. The average molecular weight is 188 g/mol. The Hall–Kier alpha value is -1.30. The highest BCUT2D eigenvalue weighted by Gasteiger charge is 2.32. The number of carbonyl (C=O) groups excluding carboxylic acids is 1. The predicted octanol–water partition coefficient (Wildman–Crippen LogP) is -0.889. The molecule has 0 unspecified atom stereocenters. The van der Waals surface area contributed by atoms with E-state index in [0.29, 0.717) is 13.1 Å². The summed E-state index contributed by atoms with van der Waals surface area (Å²) in [5, 5.41) is 11.3. The third-order valence-electron chi connectivity index (χ3n) is 1.90. The van der Waals surface area contributed by atoms with E-state index in [2.05, 4.69) is 5.32 Å². The Kier molecular flexibility index (Phi) is 3.07. The molecule has 1 aliphatic rings. The van der Waals surface area contributed by atoms with Crippen LogP contribution in [0.3, 0.4) is 0 Å². The maximum Gasteiger partial charge on any atom is 0.408 e. The van der Waals surface area contributed by atoms with Crippen LogP contribution < -0.4 is 5.32 Å². The van der Waals surface area contributed by atoms with Gasteiger partial charge in [-0.25, -0.2) is 4.79 Å². The van der Waals surface area contributed by atoms with Crippen LogP contribution in [-0.4, -0.2) is 54.9 Å². The van der Waals surface area contributed by atoms with E-state index < -0.39 is 12.1 Å². The van der Waals surface area contributed by atoms with Crippen molar-refractivity contribution >= 4 is 12.0 Å². The number of rotatable bonds is 2. The number of ether oxygens (including phenoxy) is 1. The molecule has 13 heavy (non-hydrogen) atoms. The molecule has 0 aromatic carbocycles. The van der Waals surface area contributed by atoms with Crippen molar-refractivity contribution in [1.82, 2.24) is 10.2 Å². The Bertz CT molecular complexity index is 219. The average Bonchev–Trinajstić information content (AvgIpc) is 2.08. The first-order chi connectivity index (χ1) is 6.16. The quantitative estimate of drug-likeness (QED) is 0.589. The molecule has 0 aliphatic carbocycles. The zero-order chi connectivity index (χ0) is 9.84. The molecule has 6 nitrogen and oxygen atoms in total. The Morgan fingerprint density at radius 1 is 1.85 bits per heavy atom. The van der Waals surface area contributed by atoms with Crippen LogP contribution in [0.1, 0.15) is 0 Å². The van der Waals surface area contributed by atoms with Gasteiger partial charge in [0.05, 0.1) is 6.61 Å². The minimum atomic E-state index is -1.09. The molecule has 1 atom stereocenters. The van der Waals surface area contributed by atoms with Gasteiger partial charge in [-0.15, -0.1) is 0 Å². The summed E-state index contributed by atoms with van der Waals surface area (Å²) in [4.78, 5) is 23.0. The molecular weight excluding hydrogens is 176 g/mol. The van der Waals surface area contributed by atoms with Crippen LogP contribution in [-0.2, 0) is 9.53 Å². The maximum atomic E-state index is 11.2. The topological polar surface area (TPSA) is 78.9 Å². The number of hydrogen-bond acceptors (Lipinski definition) is 3. The zero-order valence-electron chi connectivity index (χ0n) is 7.32. The molecule has 0 aromatic rings. The third-order valence-corrected chi connectivity index (χ3v) is 1.90. The molecule has 2 amide bonds. The molecule has 1 rings (SSSR count).